The first kappa shape index (κ1) is 17.9. The van der Waals surface area contributed by atoms with E-state index in [2.05, 4.69) is 4.98 Å². The Bertz CT molecular complexity index is 1170. The van der Waals surface area contributed by atoms with Crippen molar-refractivity contribution in [1.29, 1.82) is 0 Å². The summed E-state index contributed by atoms with van der Waals surface area (Å²) in [6.45, 7) is 0.0990. The molecule has 148 valence electrons. The van der Waals surface area contributed by atoms with Gasteiger partial charge in [0.15, 0.2) is 11.5 Å². The quantitative estimate of drug-likeness (QED) is 0.412. The third-order valence-corrected chi connectivity index (χ3v) is 5.15. The highest BCUT2D eigenvalue weighted by Crippen LogP contribution is 2.44. The number of Topliss-reactive ketones (excluding diaryl/α,β-unsaturated/α-hetero) is 1. The Balaban J connectivity index is 1.71. The maximum atomic E-state index is 13.1. The molecule has 5 rings (SSSR count). The molecule has 1 unspecified atom stereocenters. The van der Waals surface area contributed by atoms with Gasteiger partial charge in [0, 0.05) is 29.7 Å². The summed E-state index contributed by atoms with van der Waals surface area (Å²) in [4.78, 5) is 31.4. The smallest absolute Gasteiger partial charge is 0.300 e. The summed E-state index contributed by atoms with van der Waals surface area (Å²) >= 11 is 0. The minimum atomic E-state index is -0.792. The number of aliphatic hydroxyl groups is 1. The van der Waals surface area contributed by atoms with E-state index < -0.39 is 17.7 Å². The average Bonchev–Trinajstić information content (AvgIpc) is 3.36. The fraction of sp³-hybridized carbons (Fsp3) is 0.0870. The van der Waals surface area contributed by atoms with Crippen LogP contribution in [0.25, 0.3) is 5.76 Å². The highest BCUT2D eigenvalue weighted by Gasteiger charge is 2.47. The molecular formula is C23H16N2O5. The van der Waals surface area contributed by atoms with E-state index in [1.807, 2.05) is 30.3 Å². The number of ether oxygens (including phenoxy) is 2. The van der Waals surface area contributed by atoms with Crippen LogP contribution >= 0.6 is 0 Å². The van der Waals surface area contributed by atoms with Crippen molar-refractivity contribution in [2.24, 2.45) is 0 Å². The molecule has 3 aromatic rings. The summed E-state index contributed by atoms with van der Waals surface area (Å²) < 4.78 is 10.8. The van der Waals surface area contributed by atoms with Gasteiger partial charge in [-0.2, -0.15) is 0 Å². The highest BCUT2D eigenvalue weighted by molar-refractivity contribution is 6.51. The van der Waals surface area contributed by atoms with E-state index >= 15 is 0 Å². The van der Waals surface area contributed by atoms with Gasteiger partial charge in [0.2, 0.25) is 6.79 Å². The zero-order valence-corrected chi connectivity index (χ0v) is 15.7. The number of carbonyl (C=O) groups is 2. The number of benzene rings is 2. The van der Waals surface area contributed by atoms with Crippen molar-refractivity contribution in [2.75, 3.05) is 11.7 Å². The first-order valence-electron chi connectivity index (χ1n) is 9.31. The van der Waals surface area contributed by atoms with Gasteiger partial charge < -0.3 is 14.6 Å². The molecule has 3 heterocycles. The fourth-order valence-corrected chi connectivity index (χ4v) is 3.75. The molecule has 0 radical (unpaired) electrons. The molecule has 0 bridgehead atoms. The van der Waals surface area contributed by atoms with E-state index in [9.17, 15) is 14.7 Å². The lowest BCUT2D eigenvalue weighted by Gasteiger charge is -2.25. The number of amides is 1. The van der Waals surface area contributed by atoms with Crippen molar-refractivity contribution in [3.05, 3.63) is 89.8 Å². The van der Waals surface area contributed by atoms with Crippen molar-refractivity contribution in [3.8, 4) is 11.5 Å². The molecule has 1 N–H and O–H groups in total. The van der Waals surface area contributed by atoms with E-state index in [1.165, 1.54) is 17.3 Å². The van der Waals surface area contributed by atoms with Crippen molar-refractivity contribution in [3.63, 3.8) is 0 Å². The Morgan fingerprint density at radius 1 is 0.967 bits per heavy atom. The lowest BCUT2D eigenvalue weighted by molar-refractivity contribution is -0.132. The average molecular weight is 400 g/mol. The van der Waals surface area contributed by atoms with Crippen LogP contribution in [0.2, 0.25) is 0 Å². The minimum absolute atomic E-state index is 0.0232. The van der Waals surface area contributed by atoms with Gasteiger partial charge in [-0.3, -0.25) is 19.5 Å². The van der Waals surface area contributed by atoms with Crippen LogP contribution in [0.5, 0.6) is 11.5 Å². The van der Waals surface area contributed by atoms with E-state index in [0.717, 1.165) is 0 Å². The van der Waals surface area contributed by atoms with Crippen LogP contribution < -0.4 is 14.4 Å². The number of aliphatic hydroxyl groups excluding tert-OH is 1. The van der Waals surface area contributed by atoms with Crippen LogP contribution in [0.3, 0.4) is 0 Å². The SMILES string of the molecule is O=C1C(=O)N(c2ccc3c(c2)OCO3)C(c2ccccc2)/C1=C(\O)c1ccncc1. The Hall–Kier alpha value is -4.13. The third-order valence-electron chi connectivity index (χ3n) is 5.15. The molecule has 1 aromatic heterocycles. The second kappa shape index (κ2) is 7.04. The number of pyridine rings is 1. The van der Waals surface area contributed by atoms with Crippen LogP contribution in [0.4, 0.5) is 5.69 Å². The number of anilines is 1. The topological polar surface area (TPSA) is 89.0 Å². The first-order chi connectivity index (χ1) is 14.6. The van der Waals surface area contributed by atoms with Crippen molar-refractivity contribution < 1.29 is 24.2 Å². The molecule has 2 aliphatic rings. The van der Waals surface area contributed by atoms with Crippen molar-refractivity contribution in [2.45, 2.75) is 6.04 Å². The molecule has 2 aliphatic heterocycles. The minimum Gasteiger partial charge on any atom is -0.507 e. The number of hydrogen-bond donors (Lipinski definition) is 1. The van der Waals surface area contributed by atoms with Crippen LogP contribution in [0.15, 0.2) is 78.6 Å². The molecule has 0 saturated carbocycles. The van der Waals surface area contributed by atoms with E-state index in [-0.39, 0.29) is 18.1 Å². The zero-order valence-electron chi connectivity index (χ0n) is 15.7. The van der Waals surface area contributed by atoms with Crippen molar-refractivity contribution in [1.82, 2.24) is 4.98 Å². The third kappa shape index (κ3) is 2.79. The van der Waals surface area contributed by atoms with Gasteiger partial charge in [-0.15, -0.1) is 0 Å². The molecule has 1 fully saturated rings. The molecular weight excluding hydrogens is 384 g/mol. The largest absolute Gasteiger partial charge is 0.507 e. The number of carbonyl (C=O) groups excluding carboxylic acids is 2. The van der Waals surface area contributed by atoms with Gasteiger partial charge >= 0.3 is 0 Å². The summed E-state index contributed by atoms with van der Waals surface area (Å²) in [5.74, 6) is -0.652. The van der Waals surface area contributed by atoms with Gasteiger partial charge in [-0.05, 0) is 29.8 Å². The van der Waals surface area contributed by atoms with Gasteiger partial charge in [-0.25, -0.2) is 0 Å². The standard InChI is InChI=1S/C23H16N2O5/c26-21(15-8-10-24-11-9-15)19-20(14-4-2-1-3-5-14)25(23(28)22(19)27)16-6-7-17-18(12-16)30-13-29-17/h1-12,20,26H,13H2/b21-19+. The number of fused-ring (bicyclic) bond motifs is 1. The summed E-state index contributed by atoms with van der Waals surface area (Å²) in [5.41, 5.74) is 1.61. The van der Waals surface area contributed by atoms with Crippen LogP contribution in [0.1, 0.15) is 17.2 Å². The lowest BCUT2D eigenvalue weighted by atomic mass is 9.95. The van der Waals surface area contributed by atoms with Gasteiger partial charge in [0.05, 0.1) is 11.6 Å². The van der Waals surface area contributed by atoms with E-state index in [4.69, 9.17) is 9.47 Å². The Labute approximate surface area is 171 Å². The molecule has 2 aromatic carbocycles. The molecule has 30 heavy (non-hydrogen) atoms. The number of nitrogens with zero attached hydrogens (tertiary/aromatic N) is 2. The lowest BCUT2D eigenvalue weighted by Crippen LogP contribution is -2.29. The molecule has 1 amide bonds. The van der Waals surface area contributed by atoms with Gasteiger partial charge in [-0.1, -0.05) is 30.3 Å². The highest BCUT2D eigenvalue weighted by atomic mass is 16.7. The van der Waals surface area contributed by atoms with Crippen molar-refractivity contribution >= 4 is 23.1 Å². The Morgan fingerprint density at radius 2 is 1.70 bits per heavy atom. The Kier molecular flexibility index (Phi) is 4.21. The molecule has 0 aliphatic carbocycles. The monoisotopic (exact) mass is 400 g/mol. The van der Waals surface area contributed by atoms with Gasteiger partial charge in [0.25, 0.3) is 11.7 Å². The molecule has 7 heteroatoms. The first-order valence-corrected chi connectivity index (χ1v) is 9.31. The van der Waals surface area contributed by atoms with Crippen LogP contribution in [-0.4, -0.2) is 28.6 Å². The number of ketones is 1. The number of hydrogen-bond acceptors (Lipinski definition) is 6. The predicted octanol–water partition coefficient (Wildman–Crippen LogP) is 3.44. The fourth-order valence-electron chi connectivity index (χ4n) is 3.75. The molecule has 1 saturated heterocycles. The Morgan fingerprint density at radius 3 is 2.47 bits per heavy atom. The predicted molar refractivity (Wildman–Crippen MR) is 108 cm³/mol. The second-order valence-corrected chi connectivity index (χ2v) is 6.85. The molecule has 7 nitrogen and oxygen atoms in total. The summed E-state index contributed by atoms with van der Waals surface area (Å²) in [5, 5.41) is 11.0. The maximum absolute atomic E-state index is 13.1. The second-order valence-electron chi connectivity index (χ2n) is 6.85. The summed E-state index contributed by atoms with van der Waals surface area (Å²) in [6, 6.07) is 16.6. The van der Waals surface area contributed by atoms with E-state index in [1.54, 1.807) is 30.3 Å². The summed E-state index contributed by atoms with van der Waals surface area (Å²) in [7, 11) is 0. The number of aromatic nitrogens is 1. The van der Waals surface area contributed by atoms with Crippen LogP contribution in [0, 0.1) is 0 Å². The zero-order chi connectivity index (χ0) is 20.7. The van der Waals surface area contributed by atoms with Crippen LogP contribution in [-0.2, 0) is 9.59 Å². The maximum Gasteiger partial charge on any atom is 0.300 e. The van der Waals surface area contributed by atoms with Gasteiger partial charge in [0.1, 0.15) is 5.76 Å². The summed E-state index contributed by atoms with van der Waals surface area (Å²) in [6.07, 6.45) is 3.03. The normalized spacial score (nSPS) is 19.3. The van der Waals surface area contributed by atoms with E-state index in [0.29, 0.717) is 28.3 Å². The number of rotatable bonds is 3. The molecule has 0 spiro atoms. The molecule has 1 atom stereocenters.